The number of nitrogen functional groups attached to an aromatic ring is 1. The standard InChI is InChI=1S/C14H21N7O.2CH2O2/c1-19-13-11(6-16-19)12(15)17-14(18-13)20-4-2-9(3-5-20)21-7-10(22)8-21;2*2-1-3/h6,9-10,22H,2-5,7-8H2,1H3,(H2,15,17,18);2*1H,(H,2,3). The Labute approximate surface area is 161 Å². The van der Waals surface area contributed by atoms with Gasteiger partial charge < -0.3 is 26.0 Å². The van der Waals surface area contributed by atoms with Crippen LogP contribution in [0.1, 0.15) is 12.8 Å². The molecule has 4 rings (SSSR count). The lowest BCUT2D eigenvalue weighted by Crippen LogP contribution is -2.57. The average Bonchev–Trinajstić information content (AvgIpc) is 3.02. The molecular formula is C16H25N7O5. The Kier molecular flexibility index (Phi) is 7.46. The highest BCUT2D eigenvalue weighted by Crippen LogP contribution is 2.26. The third kappa shape index (κ3) is 4.84. The molecular weight excluding hydrogens is 370 g/mol. The van der Waals surface area contributed by atoms with Crippen molar-refractivity contribution >= 4 is 35.7 Å². The summed E-state index contributed by atoms with van der Waals surface area (Å²) in [5, 5.41) is 28.2. The molecule has 0 unspecified atom stereocenters. The van der Waals surface area contributed by atoms with E-state index >= 15 is 0 Å². The Morgan fingerprint density at radius 2 is 1.71 bits per heavy atom. The predicted octanol–water partition coefficient (Wildman–Crippen LogP) is -1.01. The fourth-order valence-electron chi connectivity index (χ4n) is 3.39. The average molecular weight is 395 g/mol. The van der Waals surface area contributed by atoms with Crippen molar-refractivity contribution in [2.75, 3.05) is 36.8 Å². The minimum absolute atomic E-state index is 0.131. The van der Waals surface area contributed by atoms with Crippen LogP contribution >= 0.6 is 0 Å². The number of anilines is 2. The molecule has 0 bridgehead atoms. The number of hydrogen-bond donors (Lipinski definition) is 4. The van der Waals surface area contributed by atoms with Crippen molar-refractivity contribution < 1.29 is 24.9 Å². The number of aromatic nitrogens is 4. The number of rotatable bonds is 2. The van der Waals surface area contributed by atoms with E-state index in [9.17, 15) is 5.11 Å². The predicted molar refractivity (Wildman–Crippen MR) is 101 cm³/mol. The number of carbonyl (C=O) groups is 2. The first-order valence-corrected chi connectivity index (χ1v) is 8.73. The van der Waals surface area contributed by atoms with Gasteiger partial charge in [-0.05, 0) is 12.8 Å². The third-order valence-corrected chi connectivity index (χ3v) is 4.76. The molecule has 154 valence electrons. The highest BCUT2D eigenvalue weighted by molar-refractivity contribution is 5.86. The minimum atomic E-state index is -0.250. The van der Waals surface area contributed by atoms with Gasteiger partial charge in [0.2, 0.25) is 5.95 Å². The maximum absolute atomic E-state index is 9.42. The molecule has 0 aliphatic carbocycles. The number of piperidine rings is 1. The molecule has 2 fully saturated rings. The summed E-state index contributed by atoms with van der Waals surface area (Å²) in [6.07, 6.45) is 3.71. The van der Waals surface area contributed by atoms with Gasteiger partial charge in [0.1, 0.15) is 5.82 Å². The van der Waals surface area contributed by atoms with Crippen molar-refractivity contribution in [2.45, 2.75) is 25.0 Å². The van der Waals surface area contributed by atoms with Crippen molar-refractivity contribution in [3.63, 3.8) is 0 Å². The number of nitrogens with zero attached hydrogens (tertiary/aromatic N) is 6. The van der Waals surface area contributed by atoms with Gasteiger partial charge in [0.25, 0.3) is 12.9 Å². The molecule has 0 saturated carbocycles. The van der Waals surface area contributed by atoms with E-state index in [-0.39, 0.29) is 19.0 Å². The molecule has 2 aliphatic heterocycles. The van der Waals surface area contributed by atoms with Crippen molar-refractivity contribution in [1.82, 2.24) is 24.6 Å². The second kappa shape index (κ2) is 9.80. The second-order valence-corrected chi connectivity index (χ2v) is 6.45. The van der Waals surface area contributed by atoms with E-state index in [1.54, 1.807) is 10.9 Å². The Hall–Kier alpha value is -2.99. The number of carboxylic acid groups (broad SMARTS) is 2. The molecule has 28 heavy (non-hydrogen) atoms. The number of nitrogens with two attached hydrogens (primary N) is 1. The fourth-order valence-corrected chi connectivity index (χ4v) is 3.39. The first kappa shape index (κ1) is 21.3. The highest BCUT2D eigenvalue weighted by atomic mass is 16.3. The summed E-state index contributed by atoms with van der Waals surface area (Å²) >= 11 is 0. The zero-order valence-electron chi connectivity index (χ0n) is 15.5. The van der Waals surface area contributed by atoms with Crippen molar-refractivity contribution in [1.29, 1.82) is 0 Å². The number of aliphatic hydroxyl groups excluding tert-OH is 1. The van der Waals surface area contributed by atoms with Crippen LogP contribution in [0.4, 0.5) is 11.8 Å². The molecule has 12 nitrogen and oxygen atoms in total. The molecule has 0 amide bonds. The van der Waals surface area contributed by atoms with Gasteiger partial charge in [0, 0.05) is 39.3 Å². The lowest BCUT2D eigenvalue weighted by molar-refractivity contribution is -0.123. The van der Waals surface area contributed by atoms with Crippen LogP contribution in [0.15, 0.2) is 6.20 Å². The van der Waals surface area contributed by atoms with Gasteiger partial charge in [0.15, 0.2) is 5.65 Å². The quantitative estimate of drug-likeness (QED) is 0.459. The number of aliphatic hydroxyl groups is 1. The van der Waals surface area contributed by atoms with Crippen molar-refractivity contribution in [2.24, 2.45) is 7.05 Å². The van der Waals surface area contributed by atoms with Crippen LogP contribution in [-0.4, -0.2) is 91.2 Å². The summed E-state index contributed by atoms with van der Waals surface area (Å²) in [6.45, 7) is 2.96. The van der Waals surface area contributed by atoms with Crippen LogP contribution in [0, 0.1) is 0 Å². The number of likely N-dealkylation sites (tertiary alicyclic amines) is 1. The van der Waals surface area contributed by atoms with E-state index < -0.39 is 0 Å². The Morgan fingerprint density at radius 3 is 2.25 bits per heavy atom. The SMILES string of the molecule is Cn1ncc2c(N)nc(N3CCC(N4CC(O)C4)CC3)nc21.O=CO.O=CO. The molecule has 5 N–H and O–H groups in total. The molecule has 0 radical (unpaired) electrons. The fraction of sp³-hybridized carbons (Fsp3) is 0.562. The Bertz CT molecular complexity index is 779. The summed E-state index contributed by atoms with van der Waals surface area (Å²) in [6, 6.07) is 0.567. The van der Waals surface area contributed by atoms with Gasteiger partial charge in [-0.3, -0.25) is 19.2 Å². The minimum Gasteiger partial charge on any atom is -0.483 e. The van der Waals surface area contributed by atoms with Gasteiger partial charge in [-0.15, -0.1) is 0 Å². The topological polar surface area (TPSA) is 171 Å². The first-order valence-electron chi connectivity index (χ1n) is 8.73. The van der Waals surface area contributed by atoms with Crippen LogP contribution in [0.25, 0.3) is 11.0 Å². The van der Waals surface area contributed by atoms with E-state index in [2.05, 4.69) is 24.9 Å². The summed E-state index contributed by atoms with van der Waals surface area (Å²) < 4.78 is 1.73. The van der Waals surface area contributed by atoms with Crippen molar-refractivity contribution in [3.8, 4) is 0 Å². The van der Waals surface area contributed by atoms with Gasteiger partial charge in [-0.25, -0.2) is 0 Å². The lowest BCUT2D eigenvalue weighted by atomic mass is 9.99. The molecule has 4 heterocycles. The Balaban J connectivity index is 0.000000418. The number of fused-ring (bicyclic) bond motifs is 1. The summed E-state index contributed by atoms with van der Waals surface area (Å²) in [5.41, 5.74) is 6.80. The monoisotopic (exact) mass is 395 g/mol. The normalized spacial score (nSPS) is 17.7. The van der Waals surface area contributed by atoms with Crippen LogP contribution in [0.5, 0.6) is 0 Å². The zero-order chi connectivity index (χ0) is 20.7. The zero-order valence-corrected chi connectivity index (χ0v) is 15.5. The van der Waals surface area contributed by atoms with Crippen LogP contribution in [-0.2, 0) is 16.6 Å². The van der Waals surface area contributed by atoms with Gasteiger partial charge in [-0.1, -0.05) is 0 Å². The summed E-state index contributed by atoms with van der Waals surface area (Å²) in [5.74, 6) is 1.18. The third-order valence-electron chi connectivity index (χ3n) is 4.76. The molecule has 12 heteroatoms. The maximum atomic E-state index is 9.42. The lowest BCUT2D eigenvalue weighted by Gasteiger charge is -2.45. The van der Waals surface area contributed by atoms with E-state index in [0.29, 0.717) is 17.8 Å². The molecule has 2 aromatic rings. The Morgan fingerprint density at radius 1 is 1.14 bits per heavy atom. The van der Waals surface area contributed by atoms with Gasteiger partial charge >= 0.3 is 0 Å². The number of hydrogen-bond acceptors (Lipinski definition) is 9. The first-order chi connectivity index (χ1) is 13.4. The molecule has 0 spiro atoms. The maximum Gasteiger partial charge on any atom is 0.290 e. The summed E-state index contributed by atoms with van der Waals surface area (Å²) in [4.78, 5) is 30.3. The second-order valence-electron chi connectivity index (χ2n) is 6.45. The largest absolute Gasteiger partial charge is 0.483 e. The molecule has 2 aliphatic rings. The van der Waals surface area contributed by atoms with E-state index in [0.717, 1.165) is 50.1 Å². The van der Waals surface area contributed by atoms with Gasteiger partial charge in [0.05, 0.1) is 17.7 Å². The highest BCUT2D eigenvalue weighted by Gasteiger charge is 2.33. The molecule has 0 atom stereocenters. The van der Waals surface area contributed by atoms with Crippen LogP contribution in [0.2, 0.25) is 0 Å². The molecule has 2 saturated heterocycles. The number of β-amino-alcohol motifs (C(OH)–C–C–N with tert-alkyl or cyclic N) is 1. The number of aryl methyl sites for hydroxylation is 1. The van der Waals surface area contributed by atoms with Crippen LogP contribution < -0.4 is 10.6 Å². The van der Waals surface area contributed by atoms with Crippen LogP contribution in [0.3, 0.4) is 0 Å². The smallest absolute Gasteiger partial charge is 0.290 e. The van der Waals surface area contributed by atoms with Gasteiger partial charge in [-0.2, -0.15) is 15.1 Å². The summed E-state index contributed by atoms with van der Waals surface area (Å²) in [7, 11) is 1.86. The molecule has 0 aromatic carbocycles. The van der Waals surface area contributed by atoms with Crippen molar-refractivity contribution in [3.05, 3.63) is 6.20 Å². The molecule has 2 aromatic heterocycles. The van der Waals surface area contributed by atoms with E-state index in [4.69, 9.17) is 25.5 Å². The van der Waals surface area contributed by atoms with E-state index in [1.807, 2.05) is 7.05 Å². The van der Waals surface area contributed by atoms with E-state index in [1.165, 1.54) is 0 Å².